The van der Waals surface area contributed by atoms with Crippen molar-refractivity contribution in [2.75, 3.05) is 26.9 Å². The van der Waals surface area contributed by atoms with Crippen LogP contribution in [0.25, 0.3) is 0 Å². The quantitative estimate of drug-likeness (QED) is 0.802. The third kappa shape index (κ3) is 3.61. The van der Waals surface area contributed by atoms with Crippen LogP contribution in [0.4, 0.5) is 0 Å². The van der Waals surface area contributed by atoms with E-state index in [0.29, 0.717) is 35.9 Å². The van der Waals surface area contributed by atoms with Gasteiger partial charge < -0.3 is 14.8 Å². The minimum Gasteiger partial charge on any atom is -0.378 e. The van der Waals surface area contributed by atoms with Crippen LogP contribution in [0.5, 0.6) is 0 Å². The van der Waals surface area contributed by atoms with E-state index >= 15 is 0 Å². The highest BCUT2D eigenvalue weighted by atomic mass is 32.2. The maximum absolute atomic E-state index is 12.1. The summed E-state index contributed by atoms with van der Waals surface area (Å²) in [6.45, 7) is 2.94. The van der Waals surface area contributed by atoms with E-state index in [9.17, 15) is 13.2 Å². The molecule has 9 heteroatoms. The third-order valence-corrected chi connectivity index (χ3v) is 5.69. The highest BCUT2D eigenvalue weighted by molar-refractivity contribution is 7.89. The number of sulfonamides is 1. The average Bonchev–Trinajstić information content (AvgIpc) is 3.02. The van der Waals surface area contributed by atoms with Crippen molar-refractivity contribution < 1.29 is 22.7 Å². The molecule has 1 saturated heterocycles. The Morgan fingerprint density at radius 1 is 1.62 bits per heavy atom. The van der Waals surface area contributed by atoms with Gasteiger partial charge in [-0.2, -0.15) is 0 Å². The molecule has 2 rings (SSSR count). The van der Waals surface area contributed by atoms with Gasteiger partial charge in [-0.3, -0.25) is 4.79 Å². The van der Waals surface area contributed by atoms with Crippen molar-refractivity contribution in [2.24, 2.45) is 5.14 Å². The van der Waals surface area contributed by atoms with Crippen LogP contribution in [0.3, 0.4) is 0 Å². The lowest BCUT2D eigenvalue weighted by molar-refractivity contribution is -0.0148. The number of thiophene rings is 1. The molecule has 1 unspecified atom stereocenters. The van der Waals surface area contributed by atoms with Crippen LogP contribution in [-0.2, 0) is 19.5 Å². The molecule has 0 spiro atoms. The number of hydrogen-bond acceptors (Lipinski definition) is 6. The maximum atomic E-state index is 12.1. The van der Waals surface area contributed by atoms with Gasteiger partial charge in [-0.15, -0.1) is 11.3 Å². The Morgan fingerprint density at radius 2 is 2.33 bits per heavy atom. The van der Waals surface area contributed by atoms with Gasteiger partial charge in [0.15, 0.2) is 0 Å². The fourth-order valence-corrected chi connectivity index (χ4v) is 4.21. The first kappa shape index (κ1) is 16.4. The fraction of sp³-hybridized carbons (Fsp3) is 0.583. The molecular weight excluding hydrogens is 316 g/mol. The standard InChI is InChI=1S/C12H18N2O5S2/c1-8-10(21(13,16)17)5-9(20-8)11(15)14-6-12(18-2)3-4-19-7-12/h5H,3-4,6-7H2,1-2H3,(H,14,15)(H2,13,16,17). The number of hydrogen-bond donors (Lipinski definition) is 2. The van der Waals surface area contributed by atoms with Gasteiger partial charge >= 0.3 is 0 Å². The molecule has 1 aromatic heterocycles. The molecule has 1 aliphatic rings. The average molecular weight is 334 g/mol. The van der Waals surface area contributed by atoms with E-state index in [4.69, 9.17) is 14.6 Å². The first-order chi connectivity index (χ1) is 9.77. The van der Waals surface area contributed by atoms with Crippen molar-refractivity contribution in [2.45, 2.75) is 23.8 Å². The second-order valence-corrected chi connectivity index (χ2v) is 7.73. The van der Waals surface area contributed by atoms with Gasteiger partial charge in [0.05, 0.1) is 16.4 Å². The summed E-state index contributed by atoms with van der Waals surface area (Å²) in [6, 6.07) is 1.30. The number of amides is 1. The third-order valence-electron chi connectivity index (χ3n) is 3.47. The lowest BCUT2D eigenvalue weighted by Gasteiger charge is -2.25. The van der Waals surface area contributed by atoms with Crippen molar-refractivity contribution in [3.8, 4) is 0 Å². The van der Waals surface area contributed by atoms with Gasteiger partial charge in [-0.05, 0) is 13.0 Å². The zero-order valence-electron chi connectivity index (χ0n) is 11.8. The molecule has 1 amide bonds. The number of primary sulfonamides is 1. The Hall–Kier alpha value is -1.00. The molecule has 1 fully saturated rings. The predicted molar refractivity (Wildman–Crippen MR) is 77.9 cm³/mol. The van der Waals surface area contributed by atoms with Gasteiger partial charge in [0.25, 0.3) is 5.91 Å². The summed E-state index contributed by atoms with van der Waals surface area (Å²) in [5.41, 5.74) is -0.509. The summed E-state index contributed by atoms with van der Waals surface area (Å²) < 4.78 is 33.4. The molecule has 0 aliphatic carbocycles. The van der Waals surface area contributed by atoms with E-state index in [1.54, 1.807) is 14.0 Å². The van der Waals surface area contributed by atoms with E-state index in [1.165, 1.54) is 6.07 Å². The molecule has 0 saturated carbocycles. The van der Waals surface area contributed by atoms with Crippen molar-refractivity contribution in [1.29, 1.82) is 0 Å². The Labute approximate surface area is 127 Å². The monoisotopic (exact) mass is 334 g/mol. The zero-order valence-corrected chi connectivity index (χ0v) is 13.5. The van der Waals surface area contributed by atoms with Crippen molar-refractivity contribution in [3.63, 3.8) is 0 Å². The molecule has 1 atom stereocenters. The Balaban J connectivity index is 2.07. The van der Waals surface area contributed by atoms with Crippen LogP contribution in [0.15, 0.2) is 11.0 Å². The summed E-state index contributed by atoms with van der Waals surface area (Å²) in [5.74, 6) is -0.346. The predicted octanol–water partition coefficient (Wildman–Crippen LogP) is 0.239. The molecule has 1 aliphatic heterocycles. The summed E-state index contributed by atoms with van der Waals surface area (Å²) in [5, 5.41) is 7.85. The lowest BCUT2D eigenvalue weighted by Crippen LogP contribution is -2.44. The normalized spacial score (nSPS) is 22.4. The maximum Gasteiger partial charge on any atom is 0.261 e. The first-order valence-electron chi connectivity index (χ1n) is 6.32. The van der Waals surface area contributed by atoms with E-state index in [2.05, 4.69) is 5.32 Å². The van der Waals surface area contributed by atoms with Gasteiger partial charge in [0.2, 0.25) is 10.0 Å². The van der Waals surface area contributed by atoms with Crippen LogP contribution in [0.1, 0.15) is 21.0 Å². The molecule has 0 aromatic carbocycles. The van der Waals surface area contributed by atoms with Crippen LogP contribution in [-0.4, -0.2) is 46.8 Å². The molecule has 118 valence electrons. The minimum absolute atomic E-state index is 0.0108. The molecule has 0 bridgehead atoms. The van der Waals surface area contributed by atoms with Crippen LogP contribution in [0, 0.1) is 6.92 Å². The second-order valence-electron chi connectivity index (χ2n) is 4.95. The molecule has 7 nitrogen and oxygen atoms in total. The molecule has 1 aromatic rings. The van der Waals surface area contributed by atoms with E-state index in [0.717, 1.165) is 11.3 Å². The highest BCUT2D eigenvalue weighted by Crippen LogP contribution is 2.25. The van der Waals surface area contributed by atoms with E-state index < -0.39 is 15.6 Å². The van der Waals surface area contributed by atoms with Gasteiger partial charge in [-0.25, -0.2) is 13.6 Å². The zero-order chi connectivity index (χ0) is 15.7. The number of ether oxygens (including phenoxy) is 2. The SMILES string of the molecule is COC1(CNC(=O)c2cc(S(N)(=O)=O)c(C)s2)CCOC1. The smallest absolute Gasteiger partial charge is 0.261 e. The van der Waals surface area contributed by atoms with Crippen LogP contribution in [0.2, 0.25) is 0 Å². The van der Waals surface area contributed by atoms with Crippen molar-refractivity contribution in [1.82, 2.24) is 5.32 Å². The number of methoxy groups -OCH3 is 1. The molecule has 0 radical (unpaired) electrons. The largest absolute Gasteiger partial charge is 0.378 e. The van der Waals surface area contributed by atoms with Gasteiger partial charge in [-0.1, -0.05) is 0 Å². The number of nitrogens with two attached hydrogens (primary N) is 1. The second kappa shape index (κ2) is 6.01. The van der Waals surface area contributed by atoms with E-state index in [-0.39, 0.29) is 10.8 Å². The lowest BCUT2D eigenvalue weighted by atomic mass is 10.0. The Morgan fingerprint density at radius 3 is 2.81 bits per heavy atom. The van der Waals surface area contributed by atoms with Crippen LogP contribution >= 0.6 is 11.3 Å². The molecule has 3 N–H and O–H groups in total. The summed E-state index contributed by atoms with van der Waals surface area (Å²) in [4.78, 5) is 12.9. The summed E-state index contributed by atoms with van der Waals surface area (Å²) >= 11 is 1.10. The van der Waals surface area contributed by atoms with Crippen molar-refractivity contribution >= 4 is 27.3 Å². The van der Waals surface area contributed by atoms with Crippen molar-refractivity contribution in [3.05, 3.63) is 15.8 Å². The van der Waals surface area contributed by atoms with Crippen LogP contribution < -0.4 is 10.5 Å². The number of aryl methyl sites for hydroxylation is 1. The highest BCUT2D eigenvalue weighted by Gasteiger charge is 2.35. The van der Waals surface area contributed by atoms with Gasteiger partial charge in [0.1, 0.15) is 5.60 Å². The van der Waals surface area contributed by atoms with E-state index in [1.807, 2.05) is 0 Å². The molecule has 21 heavy (non-hydrogen) atoms. The molecule has 2 heterocycles. The summed E-state index contributed by atoms with van der Waals surface area (Å²) in [7, 11) is -2.23. The number of carbonyl (C=O) groups excluding carboxylic acids is 1. The minimum atomic E-state index is -3.81. The molecular formula is C12H18N2O5S2. The first-order valence-corrected chi connectivity index (χ1v) is 8.68. The topological polar surface area (TPSA) is 108 Å². The Kier molecular flexibility index (Phi) is 4.69. The van der Waals surface area contributed by atoms with Gasteiger partial charge in [0, 0.05) is 31.6 Å². The number of rotatable bonds is 5. The summed E-state index contributed by atoms with van der Waals surface area (Å²) in [6.07, 6.45) is 0.704. The Bertz CT molecular complexity index is 632. The number of carbonyl (C=O) groups is 1. The number of nitrogens with one attached hydrogen (secondary N) is 1. The fourth-order valence-electron chi connectivity index (χ4n) is 2.15.